The van der Waals surface area contributed by atoms with E-state index >= 15 is 0 Å². The lowest BCUT2D eigenvalue weighted by atomic mass is 10.0. The molecule has 2 atom stereocenters. The minimum absolute atomic E-state index is 0.105. The van der Waals surface area contributed by atoms with E-state index in [9.17, 15) is 8.78 Å². The maximum Gasteiger partial charge on any atom is 0.136 e. The van der Waals surface area contributed by atoms with Gasteiger partial charge in [-0.3, -0.25) is 0 Å². The molecular weight excluding hydrogens is 288 g/mol. The van der Waals surface area contributed by atoms with Crippen molar-refractivity contribution in [1.29, 1.82) is 0 Å². The van der Waals surface area contributed by atoms with Crippen molar-refractivity contribution in [1.82, 2.24) is 0 Å². The van der Waals surface area contributed by atoms with Gasteiger partial charge in [0.15, 0.2) is 0 Å². The molecule has 0 aliphatic carbocycles. The summed E-state index contributed by atoms with van der Waals surface area (Å²) in [7, 11) is 0. The fourth-order valence-corrected chi connectivity index (χ4v) is 3.45. The maximum atomic E-state index is 13.9. The smallest absolute Gasteiger partial charge is 0.136 e. The summed E-state index contributed by atoms with van der Waals surface area (Å²) in [6, 6.07) is 11.4. The van der Waals surface area contributed by atoms with Crippen LogP contribution in [0.15, 0.2) is 47.4 Å². The van der Waals surface area contributed by atoms with Crippen LogP contribution in [0, 0.1) is 18.6 Å². The van der Waals surface area contributed by atoms with E-state index in [0.29, 0.717) is 4.90 Å². The number of rotatable bonds is 5. The van der Waals surface area contributed by atoms with E-state index in [4.69, 9.17) is 5.73 Å². The molecule has 1 nitrogen and oxygen atoms in total. The molecule has 0 saturated heterocycles. The first-order valence-corrected chi connectivity index (χ1v) is 7.83. The van der Waals surface area contributed by atoms with Crippen molar-refractivity contribution >= 4 is 11.8 Å². The summed E-state index contributed by atoms with van der Waals surface area (Å²) in [4.78, 5) is 0.297. The fraction of sp³-hybridized carbons (Fsp3) is 0.294. The standard InChI is InChI=1S/C17H19F2NS/c1-3-15(20)17(12-6-4-5-11(2)9-12)21-16-10-13(18)7-8-14(16)19/h4-10,15,17H,3,20H2,1-2H3. The van der Waals surface area contributed by atoms with Crippen LogP contribution in [-0.2, 0) is 0 Å². The van der Waals surface area contributed by atoms with Crippen molar-refractivity contribution < 1.29 is 8.78 Å². The molecule has 2 N–H and O–H groups in total. The van der Waals surface area contributed by atoms with Gasteiger partial charge in [0.25, 0.3) is 0 Å². The van der Waals surface area contributed by atoms with Crippen LogP contribution in [-0.4, -0.2) is 6.04 Å². The molecule has 2 aromatic carbocycles. The minimum Gasteiger partial charge on any atom is -0.326 e. The van der Waals surface area contributed by atoms with Crippen molar-refractivity contribution in [2.24, 2.45) is 5.73 Å². The molecule has 0 aliphatic heterocycles. The Morgan fingerprint density at radius 2 is 1.90 bits per heavy atom. The summed E-state index contributed by atoms with van der Waals surface area (Å²) in [6.45, 7) is 4.00. The van der Waals surface area contributed by atoms with Crippen LogP contribution in [0.25, 0.3) is 0 Å². The number of nitrogens with two attached hydrogens (primary N) is 1. The zero-order valence-corrected chi connectivity index (χ0v) is 13.0. The van der Waals surface area contributed by atoms with Crippen LogP contribution in [0.1, 0.15) is 29.7 Å². The molecule has 2 rings (SSSR count). The predicted molar refractivity (Wildman–Crippen MR) is 84.4 cm³/mol. The second-order valence-electron chi connectivity index (χ2n) is 5.10. The highest BCUT2D eigenvalue weighted by Gasteiger charge is 2.21. The minimum atomic E-state index is -0.438. The third-order valence-electron chi connectivity index (χ3n) is 3.38. The molecular formula is C17H19F2NS. The molecule has 0 bridgehead atoms. The first-order valence-electron chi connectivity index (χ1n) is 6.95. The molecule has 4 heteroatoms. The Labute approximate surface area is 128 Å². The largest absolute Gasteiger partial charge is 0.326 e. The van der Waals surface area contributed by atoms with E-state index in [0.717, 1.165) is 29.7 Å². The van der Waals surface area contributed by atoms with Crippen molar-refractivity contribution in [3.8, 4) is 0 Å². The molecule has 21 heavy (non-hydrogen) atoms. The monoisotopic (exact) mass is 307 g/mol. The number of aryl methyl sites for hydroxylation is 1. The van der Waals surface area contributed by atoms with Gasteiger partial charge in [0, 0.05) is 16.2 Å². The SMILES string of the molecule is CCC(N)C(Sc1cc(F)ccc1F)c1cccc(C)c1. The van der Waals surface area contributed by atoms with Crippen LogP contribution in [0.3, 0.4) is 0 Å². The van der Waals surface area contributed by atoms with Gasteiger partial charge in [0.2, 0.25) is 0 Å². The summed E-state index contributed by atoms with van der Waals surface area (Å²) in [6.07, 6.45) is 0.766. The summed E-state index contributed by atoms with van der Waals surface area (Å²) in [5.41, 5.74) is 8.36. The maximum absolute atomic E-state index is 13.9. The zero-order chi connectivity index (χ0) is 15.4. The Bertz CT molecular complexity index is 615. The Kier molecular flexibility index (Phi) is 5.37. The normalized spacial score (nSPS) is 14.0. The second-order valence-corrected chi connectivity index (χ2v) is 6.28. The average Bonchev–Trinajstić information content (AvgIpc) is 2.47. The van der Waals surface area contributed by atoms with Gasteiger partial charge in [0.1, 0.15) is 11.6 Å². The average molecular weight is 307 g/mol. The predicted octanol–water partition coefficient (Wildman–Crippen LogP) is 4.84. The van der Waals surface area contributed by atoms with Gasteiger partial charge in [0.05, 0.1) is 0 Å². The van der Waals surface area contributed by atoms with E-state index in [1.807, 2.05) is 38.1 Å². The summed E-state index contributed by atoms with van der Waals surface area (Å²) in [5.74, 6) is -0.852. The molecule has 0 spiro atoms. The molecule has 112 valence electrons. The molecule has 0 amide bonds. The molecule has 0 heterocycles. The highest BCUT2D eigenvalue weighted by atomic mass is 32.2. The Balaban J connectivity index is 2.35. The lowest BCUT2D eigenvalue weighted by molar-refractivity contribution is 0.574. The van der Waals surface area contributed by atoms with Crippen molar-refractivity contribution in [2.75, 3.05) is 0 Å². The lowest BCUT2D eigenvalue weighted by Crippen LogP contribution is -2.25. The van der Waals surface area contributed by atoms with Crippen LogP contribution in [0.5, 0.6) is 0 Å². The number of thioether (sulfide) groups is 1. The van der Waals surface area contributed by atoms with Crippen molar-refractivity contribution in [3.05, 3.63) is 65.2 Å². The van der Waals surface area contributed by atoms with Crippen molar-refractivity contribution in [2.45, 2.75) is 36.5 Å². The molecule has 0 saturated carbocycles. The van der Waals surface area contributed by atoms with Gasteiger partial charge in [-0.15, -0.1) is 11.8 Å². The third-order valence-corrected chi connectivity index (χ3v) is 4.82. The van der Waals surface area contributed by atoms with Gasteiger partial charge in [-0.1, -0.05) is 36.8 Å². The Morgan fingerprint density at radius 1 is 1.14 bits per heavy atom. The van der Waals surface area contributed by atoms with Crippen LogP contribution >= 0.6 is 11.8 Å². The van der Waals surface area contributed by atoms with Gasteiger partial charge in [-0.25, -0.2) is 8.78 Å². The molecule has 0 fully saturated rings. The van der Waals surface area contributed by atoms with Gasteiger partial charge in [-0.05, 0) is 37.1 Å². The second kappa shape index (κ2) is 7.05. The molecule has 0 aromatic heterocycles. The topological polar surface area (TPSA) is 26.0 Å². The Morgan fingerprint density at radius 3 is 2.57 bits per heavy atom. The van der Waals surface area contributed by atoms with Gasteiger partial charge >= 0.3 is 0 Å². The van der Waals surface area contributed by atoms with E-state index in [2.05, 4.69) is 0 Å². The fourth-order valence-electron chi connectivity index (χ4n) is 2.17. The highest BCUT2D eigenvalue weighted by molar-refractivity contribution is 7.99. The number of hydrogen-bond donors (Lipinski definition) is 1. The van der Waals surface area contributed by atoms with Crippen molar-refractivity contribution in [3.63, 3.8) is 0 Å². The lowest BCUT2D eigenvalue weighted by Gasteiger charge is -2.23. The van der Waals surface area contributed by atoms with Gasteiger partial charge < -0.3 is 5.73 Å². The molecule has 2 aromatic rings. The first-order chi connectivity index (χ1) is 10.0. The van der Waals surface area contributed by atoms with E-state index in [1.54, 1.807) is 0 Å². The van der Waals surface area contributed by atoms with E-state index in [1.165, 1.54) is 17.8 Å². The molecule has 0 aliphatic rings. The van der Waals surface area contributed by atoms with E-state index in [-0.39, 0.29) is 11.3 Å². The van der Waals surface area contributed by atoms with Crippen LogP contribution in [0.2, 0.25) is 0 Å². The van der Waals surface area contributed by atoms with E-state index < -0.39 is 11.6 Å². The highest BCUT2D eigenvalue weighted by Crippen LogP contribution is 2.39. The Hall–Kier alpha value is -1.39. The molecule has 0 radical (unpaired) electrons. The van der Waals surface area contributed by atoms with Crippen LogP contribution < -0.4 is 5.73 Å². The van der Waals surface area contributed by atoms with Gasteiger partial charge in [-0.2, -0.15) is 0 Å². The number of benzene rings is 2. The van der Waals surface area contributed by atoms with Crippen LogP contribution in [0.4, 0.5) is 8.78 Å². The zero-order valence-electron chi connectivity index (χ0n) is 12.1. The first kappa shape index (κ1) is 16.0. The summed E-state index contributed by atoms with van der Waals surface area (Å²) >= 11 is 1.28. The molecule has 2 unspecified atom stereocenters. The quantitative estimate of drug-likeness (QED) is 0.800. The summed E-state index contributed by atoms with van der Waals surface area (Å²) in [5, 5.41) is -0.105. The third kappa shape index (κ3) is 4.05. The number of hydrogen-bond acceptors (Lipinski definition) is 2. The number of halogens is 2. The summed E-state index contributed by atoms with van der Waals surface area (Å²) < 4.78 is 27.2.